The number of amides is 3. The third kappa shape index (κ3) is 23.1. The van der Waals surface area contributed by atoms with Crippen molar-refractivity contribution in [1.82, 2.24) is 30.6 Å². The number of Topliss-reactive ketones (excluding diaryl/α,β-unsaturated/α-hetero) is 2. The van der Waals surface area contributed by atoms with E-state index in [0.29, 0.717) is 133 Å². The van der Waals surface area contributed by atoms with E-state index in [0.717, 1.165) is 38.1 Å². The third-order valence-corrected chi connectivity index (χ3v) is 15.1. The SMILES string of the molecule is CC(C)[C@H](CC(=O)CCOCCOCCOCCOCCOCCOCCOCCOCCN)C(=O)N[C@@H](CCCNC(N)=O)C(=O)Cc1ccc(COC(=O)[C@H]2C3CCC(CC3)[C@@H]2Cc2nc(-c3c[nH]c4ncc(F)cc34)ncc2F)cc1. The van der Waals surface area contributed by atoms with Gasteiger partial charge < -0.3 is 69.7 Å². The summed E-state index contributed by atoms with van der Waals surface area (Å²) in [6, 6.07) is 6.81. The quantitative estimate of drug-likeness (QED) is 0.0274. The predicted molar refractivity (Wildman–Crippen MR) is 305 cm³/mol. The molecule has 2 bridgehead atoms. The lowest BCUT2D eigenvalue weighted by Crippen LogP contribution is -2.46. The maximum atomic E-state index is 15.4. The summed E-state index contributed by atoms with van der Waals surface area (Å²) in [6.45, 7) is 11.0. The number of nitrogens with zero attached hydrogens (tertiary/aromatic N) is 3. The van der Waals surface area contributed by atoms with E-state index in [-0.39, 0.29) is 111 Å². The van der Waals surface area contributed by atoms with Crippen molar-refractivity contribution in [3.63, 3.8) is 0 Å². The van der Waals surface area contributed by atoms with E-state index in [2.05, 4.69) is 30.6 Å². The first-order chi connectivity index (χ1) is 40.8. The molecule has 1 aromatic carbocycles. The average molecular weight is 1180 g/mol. The number of carbonyl (C=O) groups excluding carboxylic acids is 5. The van der Waals surface area contributed by atoms with E-state index < -0.39 is 41.5 Å². The van der Waals surface area contributed by atoms with Crippen LogP contribution in [0.3, 0.4) is 0 Å². The molecular formula is C60H86F2N8O14. The molecule has 3 fully saturated rings. The number of fused-ring (bicyclic) bond motifs is 4. The van der Waals surface area contributed by atoms with Gasteiger partial charge in [-0.15, -0.1) is 0 Å². The molecule has 3 amide bonds. The lowest BCUT2D eigenvalue weighted by Gasteiger charge is -2.47. The van der Waals surface area contributed by atoms with Crippen LogP contribution in [0.2, 0.25) is 0 Å². The molecule has 4 aromatic rings. The molecule has 24 heteroatoms. The highest BCUT2D eigenvalue weighted by molar-refractivity contribution is 5.93. The van der Waals surface area contributed by atoms with Crippen molar-refractivity contribution in [2.75, 3.05) is 119 Å². The van der Waals surface area contributed by atoms with Crippen LogP contribution in [0.15, 0.2) is 48.9 Å². The number of primary amides is 1. The lowest BCUT2D eigenvalue weighted by atomic mass is 9.57. The minimum absolute atomic E-state index is 0.0105. The van der Waals surface area contributed by atoms with Gasteiger partial charge in [0.25, 0.3) is 0 Å². The lowest BCUT2D eigenvalue weighted by molar-refractivity contribution is -0.160. The van der Waals surface area contributed by atoms with Crippen LogP contribution in [-0.4, -0.2) is 174 Å². The summed E-state index contributed by atoms with van der Waals surface area (Å²) in [5, 5.41) is 5.90. The fraction of sp³-hybridized carbons (Fsp3) is 0.633. The van der Waals surface area contributed by atoms with E-state index in [4.69, 9.17) is 54.1 Å². The molecule has 3 saturated carbocycles. The Labute approximate surface area is 490 Å². The number of halogens is 2. The Morgan fingerprint density at radius 2 is 1.29 bits per heavy atom. The first-order valence-electron chi connectivity index (χ1n) is 29.4. The Hall–Kier alpha value is -5.96. The van der Waals surface area contributed by atoms with Gasteiger partial charge in [-0.2, -0.15) is 0 Å². The van der Waals surface area contributed by atoms with Crippen molar-refractivity contribution < 1.29 is 75.4 Å². The van der Waals surface area contributed by atoms with Crippen LogP contribution in [0.1, 0.15) is 82.0 Å². The second-order valence-electron chi connectivity index (χ2n) is 21.4. The summed E-state index contributed by atoms with van der Waals surface area (Å²) < 4.78 is 79.3. The van der Waals surface area contributed by atoms with Gasteiger partial charge in [0.05, 0.1) is 136 Å². The Morgan fingerprint density at radius 1 is 0.726 bits per heavy atom. The van der Waals surface area contributed by atoms with Crippen molar-refractivity contribution in [1.29, 1.82) is 0 Å². The van der Waals surface area contributed by atoms with E-state index in [9.17, 15) is 28.4 Å². The number of nitrogens with two attached hydrogens (primary N) is 2. The number of pyridine rings is 1. The molecule has 0 saturated heterocycles. The summed E-state index contributed by atoms with van der Waals surface area (Å²) in [5.74, 6) is -3.37. The molecule has 0 aliphatic heterocycles. The summed E-state index contributed by atoms with van der Waals surface area (Å²) in [6.07, 6.45) is 8.26. The standard InChI is InChI=1S/C60H86F2N8O14/c1-40(2)47(34-46(71)13-16-76-18-20-78-22-24-80-26-28-82-30-31-83-29-27-81-25-23-79-21-19-77-17-14-63)58(73)70-52(4-3-15-65-60(64)75)54(72)32-41-5-7-42(8-6-41)39-84-59(74)55-44-11-9-43(10-12-44)48(55)35-53-51(62)38-68-57(69-53)50-37-67-56-49(50)33-45(61)36-66-56/h5-8,33,36-38,40,43-44,47-48,52,55H,3-4,9-32,34-35,39,63H2,1-2H3,(H,66,67)(H,70,73)(H3,64,65,75)/t43?,44?,47-,48-,52-,55-/m0/s1. The molecule has 4 atom stereocenters. The minimum Gasteiger partial charge on any atom is -0.461 e. The normalized spacial score (nSPS) is 17.4. The molecule has 0 spiro atoms. The Kier molecular flexibility index (Phi) is 30.0. The Bertz CT molecular complexity index is 2620. The second kappa shape index (κ2) is 37.5. The summed E-state index contributed by atoms with van der Waals surface area (Å²) >= 11 is 0. The molecule has 464 valence electrons. The van der Waals surface area contributed by atoms with Crippen LogP contribution in [0, 0.1) is 47.1 Å². The van der Waals surface area contributed by atoms with Gasteiger partial charge in [0.1, 0.15) is 23.9 Å². The minimum atomic E-state index is -0.916. The molecule has 84 heavy (non-hydrogen) atoms. The van der Waals surface area contributed by atoms with E-state index >= 15 is 4.39 Å². The number of ether oxygens (including phenoxy) is 9. The molecule has 3 aliphatic rings. The number of nitrogens with one attached hydrogen (secondary N) is 3. The average Bonchev–Trinajstić information content (AvgIpc) is 3.31. The molecule has 7 N–H and O–H groups in total. The number of ketones is 2. The van der Waals surface area contributed by atoms with Gasteiger partial charge in [0, 0.05) is 55.4 Å². The highest BCUT2D eigenvalue weighted by Crippen LogP contribution is 2.50. The number of H-pyrrole nitrogens is 1. The maximum Gasteiger partial charge on any atom is 0.312 e. The number of carbonyl (C=O) groups is 5. The van der Waals surface area contributed by atoms with Gasteiger partial charge in [-0.3, -0.25) is 19.2 Å². The number of rotatable bonds is 44. The van der Waals surface area contributed by atoms with E-state index in [1.54, 1.807) is 30.5 Å². The van der Waals surface area contributed by atoms with Crippen molar-refractivity contribution in [2.24, 2.45) is 47.0 Å². The van der Waals surface area contributed by atoms with Crippen LogP contribution in [0.4, 0.5) is 13.6 Å². The number of urea groups is 1. The Morgan fingerprint density at radius 3 is 1.86 bits per heavy atom. The van der Waals surface area contributed by atoms with Gasteiger partial charge in [-0.1, -0.05) is 38.1 Å². The molecule has 0 unspecified atom stereocenters. The Balaban J connectivity index is 0.869. The van der Waals surface area contributed by atoms with Gasteiger partial charge >= 0.3 is 12.0 Å². The number of esters is 1. The first-order valence-corrected chi connectivity index (χ1v) is 29.4. The van der Waals surface area contributed by atoms with Crippen molar-refractivity contribution in [2.45, 2.75) is 90.7 Å². The van der Waals surface area contributed by atoms with Crippen LogP contribution in [0.25, 0.3) is 22.4 Å². The number of aromatic amines is 1. The second-order valence-corrected chi connectivity index (χ2v) is 21.4. The smallest absolute Gasteiger partial charge is 0.312 e. The van der Waals surface area contributed by atoms with Gasteiger partial charge in [-0.25, -0.2) is 28.5 Å². The monoisotopic (exact) mass is 1180 g/mol. The maximum absolute atomic E-state index is 15.4. The van der Waals surface area contributed by atoms with E-state index in [1.807, 2.05) is 13.8 Å². The number of aromatic nitrogens is 4. The number of hydrogen-bond donors (Lipinski definition) is 5. The van der Waals surface area contributed by atoms with Crippen LogP contribution < -0.4 is 22.1 Å². The van der Waals surface area contributed by atoms with Crippen LogP contribution in [0.5, 0.6) is 0 Å². The highest BCUT2D eigenvalue weighted by Gasteiger charge is 2.48. The van der Waals surface area contributed by atoms with Crippen LogP contribution in [-0.2, 0) is 81.3 Å². The molecule has 7 rings (SSSR count). The largest absolute Gasteiger partial charge is 0.461 e. The fourth-order valence-electron chi connectivity index (χ4n) is 10.6. The zero-order valence-electron chi connectivity index (χ0n) is 48.6. The molecule has 3 aromatic heterocycles. The predicted octanol–water partition coefficient (Wildman–Crippen LogP) is 5.39. The van der Waals surface area contributed by atoms with Gasteiger partial charge in [0.2, 0.25) is 5.91 Å². The molecule has 3 aliphatic carbocycles. The van der Waals surface area contributed by atoms with Crippen molar-refractivity contribution in [3.8, 4) is 11.4 Å². The van der Waals surface area contributed by atoms with E-state index in [1.165, 1.54) is 6.07 Å². The fourth-order valence-corrected chi connectivity index (χ4v) is 10.6. The number of benzene rings is 1. The summed E-state index contributed by atoms with van der Waals surface area (Å²) in [7, 11) is 0. The van der Waals surface area contributed by atoms with Crippen molar-refractivity contribution in [3.05, 3.63) is 77.4 Å². The molecule has 3 heterocycles. The zero-order valence-corrected chi connectivity index (χ0v) is 48.6. The zero-order chi connectivity index (χ0) is 59.9. The molecule has 22 nitrogen and oxygen atoms in total. The third-order valence-electron chi connectivity index (χ3n) is 15.1. The van der Waals surface area contributed by atoms with Gasteiger partial charge in [0.15, 0.2) is 17.4 Å². The molecule has 0 radical (unpaired) electrons. The summed E-state index contributed by atoms with van der Waals surface area (Å²) in [4.78, 5) is 82.1. The summed E-state index contributed by atoms with van der Waals surface area (Å²) in [5.41, 5.74) is 13.1. The van der Waals surface area contributed by atoms with Crippen molar-refractivity contribution >= 4 is 40.5 Å². The van der Waals surface area contributed by atoms with Gasteiger partial charge in [-0.05, 0) is 85.8 Å². The highest BCUT2D eigenvalue weighted by atomic mass is 19.1. The molecular weight excluding hydrogens is 1090 g/mol. The van der Waals surface area contributed by atoms with Crippen LogP contribution >= 0.6 is 0 Å². The number of hydrogen-bond acceptors (Lipinski definition) is 18. The topological polar surface area (TPSA) is 299 Å². The first kappa shape index (κ1) is 67.2.